The van der Waals surface area contributed by atoms with Gasteiger partial charge in [-0.05, 0) is 18.6 Å². The summed E-state index contributed by atoms with van der Waals surface area (Å²) in [5, 5.41) is 0. The maximum atomic E-state index is 11.6. The van der Waals surface area contributed by atoms with Crippen molar-refractivity contribution in [3.63, 3.8) is 0 Å². The molecule has 0 aliphatic rings. The van der Waals surface area contributed by atoms with E-state index in [4.69, 9.17) is 10.2 Å². The highest BCUT2D eigenvalue weighted by Gasteiger charge is 2.05. The summed E-state index contributed by atoms with van der Waals surface area (Å²) in [6, 6.07) is 3.71. The number of hydrogen-bond donors (Lipinski definition) is 1. The van der Waals surface area contributed by atoms with E-state index in [9.17, 15) is 4.21 Å². The van der Waals surface area contributed by atoms with Crippen molar-refractivity contribution in [1.82, 2.24) is 0 Å². The summed E-state index contributed by atoms with van der Waals surface area (Å²) in [5.41, 5.74) is 5.42. The van der Waals surface area contributed by atoms with Crippen LogP contribution in [0, 0.1) is 0 Å². The third kappa shape index (κ3) is 4.62. The van der Waals surface area contributed by atoms with E-state index in [-0.39, 0.29) is 0 Å². The molecule has 0 spiro atoms. The van der Waals surface area contributed by atoms with E-state index in [0.29, 0.717) is 12.3 Å². The highest BCUT2D eigenvalue weighted by molar-refractivity contribution is 7.84. The molecule has 0 saturated carbocycles. The molecule has 4 heteroatoms. The van der Waals surface area contributed by atoms with Gasteiger partial charge in [-0.25, -0.2) is 0 Å². The summed E-state index contributed by atoms with van der Waals surface area (Å²) >= 11 is 0. The van der Waals surface area contributed by atoms with Crippen LogP contribution in [0.4, 0.5) is 0 Å². The van der Waals surface area contributed by atoms with Crippen molar-refractivity contribution in [2.45, 2.75) is 38.5 Å². The molecule has 1 heterocycles. The molecule has 0 aliphatic carbocycles. The normalized spacial score (nSPS) is 12.9. The molecule has 1 aromatic heterocycles. The second kappa shape index (κ2) is 6.80. The molecule has 0 fully saturated rings. The standard InChI is InChI=1S/C11H19NO2S/c1-2-3-4-7-15(13)9-11-6-5-10(8-12)14-11/h5-6H,2-4,7-9,12H2,1H3. The van der Waals surface area contributed by atoms with E-state index < -0.39 is 10.8 Å². The zero-order valence-electron chi connectivity index (χ0n) is 9.20. The van der Waals surface area contributed by atoms with Crippen molar-refractivity contribution in [2.75, 3.05) is 5.75 Å². The summed E-state index contributed by atoms with van der Waals surface area (Å²) in [7, 11) is -0.796. The lowest BCUT2D eigenvalue weighted by molar-refractivity contribution is 0.481. The molecule has 86 valence electrons. The zero-order chi connectivity index (χ0) is 11.1. The van der Waals surface area contributed by atoms with Crippen LogP contribution in [0.2, 0.25) is 0 Å². The van der Waals surface area contributed by atoms with Crippen molar-refractivity contribution in [1.29, 1.82) is 0 Å². The molecular weight excluding hydrogens is 210 g/mol. The molecule has 1 rings (SSSR count). The van der Waals surface area contributed by atoms with E-state index in [0.717, 1.165) is 36.5 Å². The maximum absolute atomic E-state index is 11.6. The second-order valence-corrected chi connectivity index (χ2v) is 5.14. The van der Waals surface area contributed by atoms with E-state index in [1.165, 1.54) is 0 Å². The SMILES string of the molecule is CCCCCS(=O)Cc1ccc(CN)o1. The lowest BCUT2D eigenvalue weighted by Crippen LogP contribution is -2.00. The highest BCUT2D eigenvalue weighted by atomic mass is 32.2. The van der Waals surface area contributed by atoms with Crippen LogP contribution in [-0.4, -0.2) is 9.96 Å². The maximum Gasteiger partial charge on any atom is 0.117 e. The monoisotopic (exact) mass is 229 g/mol. The first-order chi connectivity index (χ1) is 7.26. The van der Waals surface area contributed by atoms with Gasteiger partial charge in [0.2, 0.25) is 0 Å². The van der Waals surface area contributed by atoms with Crippen LogP contribution < -0.4 is 5.73 Å². The number of unbranched alkanes of at least 4 members (excludes halogenated alkanes) is 2. The van der Waals surface area contributed by atoms with Gasteiger partial charge in [-0.2, -0.15) is 0 Å². The van der Waals surface area contributed by atoms with Crippen LogP contribution in [0.5, 0.6) is 0 Å². The first-order valence-electron chi connectivity index (χ1n) is 5.39. The van der Waals surface area contributed by atoms with Gasteiger partial charge in [-0.3, -0.25) is 4.21 Å². The molecule has 1 aromatic rings. The molecule has 3 nitrogen and oxygen atoms in total. The zero-order valence-corrected chi connectivity index (χ0v) is 10.0. The quantitative estimate of drug-likeness (QED) is 0.729. The third-order valence-corrected chi connectivity index (χ3v) is 3.55. The average molecular weight is 229 g/mol. The van der Waals surface area contributed by atoms with Crippen LogP contribution in [-0.2, 0) is 23.1 Å². The summed E-state index contributed by atoms with van der Waals surface area (Å²) in [6.45, 7) is 2.55. The predicted octanol–water partition coefficient (Wildman–Crippen LogP) is 2.18. The topological polar surface area (TPSA) is 56.2 Å². The first-order valence-corrected chi connectivity index (χ1v) is 6.87. The minimum absolute atomic E-state index is 0.405. The Bertz CT molecular complexity index is 309. The number of rotatable bonds is 7. The molecule has 0 radical (unpaired) electrons. The Kier molecular flexibility index (Phi) is 5.65. The van der Waals surface area contributed by atoms with Gasteiger partial charge in [0.25, 0.3) is 0 Å². The van der Waals surface area contributed by atoms with Gasteiger partial charge in [-0.1, -0.05) is 19.8 Å². The molecule has 1 atom stereocenters. The van der Waals surface area contributed by atoms with Gasteiger partial charge in [0.15, 0.2) is 0 Å². The fourth-order valence-electron chi connectivity index (χ4n) is 1.35. The number of nitrogens with two attached hydrogens (primary N) is 1. The van der Waals surface area contributed by atoms with E-state index in [1.54, 1.807) is 0 Å². The van der Waals surface area contributed by atoms with Gasteiger partial charge >= 0.3 is 0 Å². The number of furan rings is 1. The smallest absolute Gasteiger partial charge is 0.117 e. The Morgan fingerprint density at radius 3 is 2.67 bits per heavy atom. The fraction of sp³-hybridized carbons (Fsp3) is 0.636. The summed E-state index contributed by atoms with van der Waals surface area (Å²) in [5.74, 6) is 2.83. The van der Waals surface area contributed by atoms with Crippen LogP contribution in [0.1, 0.15) is 37.7 Å². The summed E-state index contributed by atoms with van der Waals surface area (Å²) < 4.78 is 17.0. The lowest BCUT2D eigenvalue weighted by atomic mass is 10.3. The minimum Gasteiger partial charge on any atom is -0.464 e. The second-order valence-electron chi connectivity index (χ2n) is 3.57. The molecule has 0 bridgehead atoms. The fourth-order valence-corrected chi connectivity index (χ4v) is 2.50. The molecule has 0 aliphatic heterocycles. The van der Waals surface area contributed by atoms with Gasteiger partial charge in [0.1, 0.15) is 11.5 Å². The third-order valence-electron chi connectivity index (χ3n) is 2.20. The van der Waals surface area contributed by atoms with Crippen LogP contribution >= 0.6 is 0 Å². The minimum atomic E-state index is -0.796. The lowest BCUT2D eigenvalue weighted by Gasteiger charge is -1.99. The van der Waals surface area contributed by atoms with Crippen molar-refractivity contribution in [3.05, 3.63) is 23.7 Å². The van der Waals surface area contributed by atoms with Crippen LogP contribution in [0.15, 0.2) is 16.5 Å². The van der Waals surface area contributed by atoms with E-state index >= 15 is 0 Å². The summed E-state index contributed by atoms with van der Waals surface area (Å²) in [4.78, 5) is 0. The molecule has 0 aromatic carbocycles. The first kappa shape index (κ1) is 12.5. The Morgan fingerprint density at radius 1 is 1.33 bits per heavy atom. The largest absolute Gasteiger partial charge is 0.464 e. The van der Waals surface area contributed by atoms with Crippen LogP contribution in [0.25, 0.3) is 0 Å². The average Bonchev–Trinajstić information content (AvgIpc) is 2.66. The van der Waals surface area contributed by atoms with Crippen molar-refractivity contribution in [2.24, 2.45) is 5.73 Å². The molecule has 1 unspecified atom stereocenters. The van der Waals surface area contributed by atoms with Crippen molar-refractivity contribution in [3.8, 4) is 0 Å². The van der Waals surface area contributed by atoms with Crippen LogP contribution in [0.3, 0.4) is 0 Å². The molecular formula is C11H19NO2S. The van der Waals surface area contributed by atoms with E-state index in [1.807, 2.05) is 12.1 Å². The highest BCUT2D eigenvalue weighted by Crippen LogP contribution is 2.10. The Hall–Kier alpha value is -0.610. The van der Waals surface area contributed by atoms with Crippen molar-refractivity contribution < 1.29 is 8.63 Å². The Labute approximate surface area is 93.5 Å². The number of hydrogen-bond acceptors (Lipinski definition) is 3. The van der Waals surface area contributed by atoms with Crippen molar-refractivity contribution >= 4 is 10.8 Å². The van der Waals surface area contributed by atoms with Gasteiger partial charge < -0.3 is 10.2 Å². The Morgan fingerprint density at radius 2 is 2.07 bits per heavy atom. The van der Waals surface area contributed by atoms with E-state index in [2.05, 4.69) is 6.92 Å². The Balaban J connectivity index is 2.31. The molecule has 2 N–H and O–H groups in total. The van der Waals surface area contributed by atoms with Gasteiger partial charge in [-0.15, -0.1) is 0 Å². The van der Waals surface area contributed by atoms with Gasteiger partial charge in [0, 0.05) is 16.6 Å². The molecule has 0 saturated heterocycles. The molecule has 0 amide bonds. The summed E-state index contributed by atoms with van der Waals surface area (Å²) in [6.07, 6.45) is 3.35. The van der Waals surface area contributed by atoms with Gasteiger partial charge in [0.05, 0.1) is 12.3 Å². The predicted molar refractivity (Wildman–Crippen MR) is 62.8 cm³/mol. The molecule has 15 heavy (non-hydrogen) atoms.